The molecule has 0 aliphatic heterocycles. The molecule has 0 spiro atoms. The number of aromatic nitrogens is 5. The minimum Gasteiger partial charge on any atom is -0.507 e. The molecule has 3 aromatic heterocycles. The maximum atomic E-state index is 13.5. The van der Waals surface area contributed by atoms with E-state index in [1.54, 1.807) is 42.6 Å². The molecule has 0 aliphatic carbocycles. The largest absolute Gasteiger partial charge is 0.507 e. The third-order valence-electron chi connectivity index (χ3n) is 5.73. The van der Waals surface area contributed by atoms with Gasteiger partial charge in [-0.1, -0.05) is 24.3 Å². The van der Waals surface area contributed by atoms with Crippen molar-refractivity contribution in [2.45, 2.75) is 19.4 Å². The summed E-state index contributed by atoms with van der Waals surface area (Å²) in [7, 11) is 0. The summed E-state index contributed by atoms with van der Waals surface area (Å²) >= 11 is 0. The van der Waals surface area contributed by atoms with Crippen LogP contribution in [0.2, 0.25) is 0 Å². The Hall–Kier alpha value is -4.57. The third-order valence-corrected chi connectivity index (χ3v) is 5.73. The van der Waals surface area contributed by atoms with Gasteiger partial charge in [0, 0.05) is 17.2 Å². The zero-order valence-electron chi connectivity index (χ0n) is 19.4. The predicted octanol–water partition coefficient (Wildman–Crippen LogP) is 3.77. The molecule has 0 saturated carbocycles. The summed E-state index contributed by atoms with van der Waals surface area (Å²) in [6, 6.07) is 14.4. The van der Waals surface area contributed by atoms with Crippen molar-refractivity contribution in [1.82, 2.24) is 25.1 Å². The summed E-state index contributed by atoms with van der Waals surface area (Å²) in [5, 5.41) is 17.5. The van der Waals surface area contributed by atoms with Gasteiger partial charge >= 0.3 is 0 Å². The molecule has 6 N–H and O–H groups in total. The molecule has 5 rings (SSSR count). The average Bonchev–Trinajstić information content (AvgIpc) is 3.23. The lowest BCUT2D eigenvalue weighted by Crippen LogP contribution is -2.30. The number of fused-ring (bicyclic) bond motifs is 1. The topological polar surface area (TPSA) is 149 Å². The number of rotatable bonds is 7. The number of aromatic hydroxyl groups is 1. The molecule has 0 radical (unpaired) electrons. The number of nitrogens with two attached hydrogens (primary N) is 2. The Morgan fingerprint density at radius 2 is 1.92 bits per heavy atom. The summed E-state index contributed by atoms with van der Waals surface area (Å²) < 4.78 is 19.4. The van der Waals surface area contributed by atoms with Crippen molar-refractivity contribution in [1.29, 1.82) is 0 Å². The van der Waals surface area contributed by atoms with E-state index in [4.69, 9.17) is 21.2 Å². The van der Waals surface area contributed by atoms with E-state index < -0.39 is 6.04 Å². The molecule has 0 aliphatic rings. The molecular weight excluding hydrogens is 461 g/mol. The van der Waals surface area contributed by atoms with Gasteiger partial charge in [0.1, 0.15) is 23.7 Å². The van der Waals surface area contributed by atoms with E-state index in [-0.39, 0.29) is 24.0 Å². The van der Waals surface area contributed by atoms with Crippen molar-refractivity contribution >= 4 is 17.0 Å². The average molecular weight is 486 g/mol. The maximum Gasteiger partial charge on any atom is 0.174 e. The quantitative estimate of drug-likeness (QED) is 0.272. The van der Waals surface area contributed by atoms with Crippen LogP contribution in [0, 0.1) is 12.7 Å². The number of para-hydroxylation sites is 1. The Bertz CT molecular complexity index is 1550. The van der Waals surface area contributed by atoms with Crippen molar-refractivity contribution in [2.75, 3.05) is 12.3 Å². The van der Waals surface area contributed by atoms with Gasteiger partial charge in [-0.3, -0.25) is 5.10 Å². The molecule has 9 nitrogen and oxygen atoms in total. The number of hydrogen-bond acceptors (Lipinski definition) is 8. The number of nitrogens with one attached hydrogen (secondary N) is 1. The van der Waals surface area contributed by atoms with Gasteiger partial charge in [-0.25, -0.2) is 19.3 Å². The van der Waals surface area contributed by atoms with E-state index in [0.29, 0.717) is 51.5 Å². The minimum atomic E-state index is -0.405. The fourth-order valence-corrected chi connectivity index (χ4v) is 3.96. The number of aryl methyl sites for hydroxylation is 1. The highest BCUT2D eigenvalue weighted by atomic mass is 19.1. The molecule has 0 bridgehead atoms. The molecule has 0 fully saturated rings. The van der Waals surface area contributed by atoms with E-state index in [2.05, 4.69) is 20.2 Å². The van der Waals surface area contributed by atoms with Crippen molar-refractivity contribution in [2.24, 2.45) is 5.73 Å². The van der Waals surface area contributed by atoms with Crippen LogP contribution in [0.3, 0.4) is 0 Å². The van der Waals surface area contributed by atoms with Gasteiger partial charge in [0.2, 0.25) is 0 Å². The molecule has 10 heteroatoms. The lowest BCUT2D eigenvalue weighted by molar-refractivity contribution is 0.288. The van der Waals surface area contributed by atoms with Gasteiger partial charge in [0.25, 0.3) is 0 Å². The second-order valence-electron chi connectivity index (χ2n) is 8.45. The maximum absolute atomic E-state index is 13.5. The van der Waals surface area contributed by atoms with E-state index >= 15 is 0 Å². The number of phenols is 1. The van der Waals surface area contributed by atoms with E-state index in [0.717, 1.165) is 5.56 Å². The molecule has 2 aromatic carbocycles. The van der Waals surface area contributed by atoms with E-state index in [9.17, 15) is 9.50 Å². The fourth-order valence-electron chi connectivity index (χ4n) is 3.96. The Morgan fingerprint density at radius 3 is 2.72 bits per heavy atom. The first kappa shape index (κ1) is 23.2. The first-order valence-electron chi connectivity index (χ1n) is 11.3. The Balaban J connectivity index is 1.51. The van der Waals surface area contributed by atoms with Crippen molar-refractivity contribution in [3.05, 3.63) is 77.9 Å². The van der Waals surface area contributed by atoms with Gasteiger partial charge in [-0.2, -0.15) is 5.10 Å². The van der Waals surface area contributed by atoms with Gasteiger partial charge < -0.3 is 21.3 Å². The van der Waals surface area contributed by atoms with E-state index in [1.807, 2.05) is 13.0 Å². The third kappa shape index (κ3) is 4.66. The highest BCUT2D eigenvalue weighted by Crippen LogP contribution is 2.39. The molecule has 3 heterocycles. The second kappa shape index (κ2) is 9.59. The number of H-pyrrole nitrogens is 1. The van der Waals surface area contributed by atoms with Gasteiger partial charge in [0.05, 0.1) is 23.3 Å². The van der Waals surface area contributed by atoms with Crippen LogP contribution >= 0.6 is 0 Å². The summed E-state index contributed by atoms with van der Waals surface area (Å²) in [4.78, 5) is 13.7. The number of phenolic OH excluding ortho intramolecular Hbond substituents is 1. The Morgan fingerprint density at radius 1 is 1.08 bits per heavy atom. The Kier molecular flexibility index (Phi) is 6.17. The highest BCUT2D eigenvalue weighted by Gasteiger charge is 2.20. The van der Waals surface area contributed by atoms with E-state index in [1.165, 1.54) is 12.1 Å². The summed E-state index contributed by atoms with van der Waals surface area (Å²) in [5.41, 5.74) is 17.1. The lowest BCUT2D eigenvalue weighted by atomic mass is 10.0. The molecule has 0 amide bonds. The standard InChI is InChI=1S/C26H24FN7O2/c1-14-23-26(34-33-14)30-12-20(31-23)19-11-22(25(29)32-24(19)18-7-2-3-8-21(18)35)36-13-17(28)10-15-5-4-6-16(27)9-15/h2-9,11-12,17,35H,10,13,28H2,1H3,(H2,29,32)(H,30,33,34)/t17-/m0/s1. The molecule has 182 valence electrons. The van der Waals surface area contributed by atoms with Crippen LogP contribution in [0.5, 0.6) is 11.5 Å². The van der Waals surface area contributed by atoms with Crippen molar-refractivity contribution in [3.63, 3.8) is 0 Å². The SMILES string of the molecule is Cc1n[nH]c2ncc(-c3cc(OC[C@@H](N)Cc4cccc(F)c4)c(N)nc3-c3ccccc3O)nc12. The van der Waals surface area contributed by atoms with Crippen LogP contribution in [-0.4, -0.2) is 42.9 Å². The summed E-state index contributed by atoms with van der Waals surface area (Å²) in [6.45, 7) is 1.96. The number of nitrogen functional groups attached to an aromatic ring is 1. The molecule has 36 heavy (non-hydrogen) atoms. The number of halogens is 1. The highest BCUT2D eigenvalue weighted by molar-refractivity contribution is 5.86. The van der Waals surface area contributed by atoms with Gasteiger partial charge in [-0.05, 0) is 49.2 Å². The molecule has 5 aromatic rings. The second-order valence-corrected chi connectivity index (χ2v) is 8.45. The number of benzene rings is 2. The van der Waals surface area contributed by atoms with Gasteiger partial charge in [0.15, 0.2) is 17.2 Å². The number of nitrogens with zero attached hydrogens (tertiary/aromatic N) is 4. The van der Waals surface area contributed by atoms with Crippen LogP contribution in [0.25, 0.3) is 33.7 Å². The van der Waals surface area contributed by atoms with Crippen molar-refractivity contribution < 1.29 is 14.2 Å². The number of aromatic amines is 1. The number of anilines is 1. The molecule has 1 atom stereocenters. The normalized spacial score (nSPS) is 12.1. The predicted molar refractivity (Wildman–Crippen MR) is 135 cm³/mol. The van der Waals surface area contributed by atoms with Crippen LogP contribution in [0.4, 0.5) is 10.2 Å². The van der Waals surface area contributed by atoms with Crippen molar-refractivity contribution in [3.8, 4) is 34.0 Å². The van der Waals surface area contributed by atoms with Crippen LogP contribution in [0.1, 0.15) is 11.3 Å². The number of ether oxygens (including phenoxy) is 1. The lowest BCUT2D eigenvalue weighted by Gasteiger charge is -2.17. The molecular formula is C26H24FN7O2. The smallest absolute Gasteiger partial charge is 0.174 e. The first-order chi connectivity index (χ1) is 17.4. The zero-order valence-corrected chi connectivity index (χ0v) is 19.4. The number of pyridine rings is 1. The monoisotopic (exact) mass is 485 g/mol. The minimum absolute atomic E-state index is 0.0463. The van der Waals surface area contributed by atoms with Gasteiger partial charge in [-0.15, -0.1) is 0 Å². The Labute approximate surface area is 206 Å². The van der Waals surface area contributed by atoms with Crippen LogP contribution < -0.4 is 16.2 Å². The van der Waals surface area contributed by atoms with Crippen LogP contribution in [0.15, 0.2) is 60.8 Å². The fraction of sp³-hybridized carbons (Fsp3) is 0.154. The zero-order chi connectivity index (χ0) is 25.2. The van der Waals surface area contributed by atoms with Crippen LogP contribution in [-0.2, 0) is 6.42 Å². The molecule has 0 saturated heterocycles. The summed E-state index contributed by atoms with van der Waals surface area (Å²) in [5.74, 6) is 0.169. The molecule has 0 unspecified atom stereocenters. The first-order valence-corrected chi connectivity index (χ1v) is 11.3. The number of hydrogen-bond donors (Lipinski definition) is 4. The summed E-state index contributed by atoms with van der Waals surface area (Å²) in [6.07, 6.45) is 2.02.